The molecule has 0 fully saturated rings. The van der Waals surface area contributed by atoms with Crippen molar-refractivity contribution in [2.75, 3.05) is 68.6 Å². The van der Waals surface area contributed by atoms with Gasteiger partial charge < -0.3 is 40.5 Å². The smallest absolute Gasteiger partial charge is 1.00 e. The number of rotatable bonds is 8. The van der Waals surface area contributed by atoms with Crippen molar-refractivity contribution in [1.29, 1.82) is 0 Å². The maximum Gasteiger partial charge on any atom is 2.00 e. The topological polar surface area (TPSA) is 139 Å². The van der Waals surface area contributed by atoms with Crippen molar-refractivity contribution in [2.24, 2.45) is 0 Å². The first kappa shape index (κ1) is 33.3. The Morgan fingerprint density at radius 3 is 1.38 bits per heavy atom. The van der Waals surface area contributed by atoms with Crippen LogP contribution >= 0.6 is 28.1 Å². The largest absolute Gasteiger partial charge is 2.00 e. The molecule has 0 saturated carbocycles. The van der Waals surface area contributed by atoms with Gasteiger partial charge in [-0.2, -0.15) is 0 Å². The quantitative estimate of drug-likeness (QED) is 0.265. The first-order chi connectivity index (χ1) is 9.41. The van der Waals surface area contributed by atoms with Crippen LogP contribution in [0.25, 0.3) is 0 Å². The van der Waals surface area contributed by atoms with Gasteiger partial charge in [0.25, 0.3) is 0 Å². The van der Waals surface area contributed by atoms with Crippen LogP contribution in [0.4, 0.5) is 0 Å². The third kappa shape index (κ3) is 39.0. The van der Waals surface area contributed by atoms with Gasteiger partial charge in [0.1, 0.15) is 26.3 Å². The van der Waals surface area contributed by atoms with Crippen LogP contribution < -0.4 is 9.79 Å². The van der Waals surface area contributed by atoms with Crippen LogP contribution in [0, 0.1) is 0 Å². The minimum Gasteiger partial charge on any atom is -1.00 e. The monoisotopic (exact) mass is 444 g/mol. The van der Waals surface area contributed by atoms with E-state index < -0.39 is 15.6 Å². The summed E-state index contributed by atoms with van der Waals surface area (Å²) in [6.07, 6.45) is 0. The third-order valence-corrected chi connectivity index (χ3v) is 3.05. The van der Waals surface area contributed by atoms with E-state index in [1.54, 1.807) is 0 Å². The number of likely N-dealkylation sites (N-methyl/N-ethyl adjacent to an activating group) is 2. The Bertz CT molecular complexity index is 377. The van der Waals surface area contributed by atoms with Gasteiger partial charge in [-0.3, -0.25) is 4.52 Å². The molecule has 0 amide bonds. The summed E-state index contributed by atoms with van der Waals surface area (Å²) < 4.78 is 29.6. The van der Waals surface area contributed by atoms with Crippen molar-refractivity contribution in [3.63, 3.8) is 0 Å². The fourth-order valence-corrected chi connectivity index (χ4v) is 1.48. The molecule has 148 valence electrons. The van der Waals surface area contributed by atoms with E-state index >= 15 is 0 Å². The minimum atomic E-state index is -4.76. The number of hydrogen-bond donors (Lipinski definition) is 2. The average molecular weight is 445 g/mol. The molecule has 2 N–H and O–H groups in total. The maximum absolute atomic E-state index is 10.2. The molecule has 0 aliphatic rings. The molecule has 0 radical (unpaired) electrons. The Morgan fingerprint density at radius 1 is 0.875 bits per heavy atom. The number of halogens is 1. The Balaban J connectivity index is -0.0000000667. The molecule has 0 spiro atoms. The standard InChI is InChI=1S/2C5H14NO4P.Ca.ClH.2H/c2*1-6(2,3)4-5-10-11(7,8)9;;;;/h2*4-5H2,1-3H3,(H-,7,8,9);;1H;;/q;;+2;;2*-1. The zero-order valence-electron chi connectivity index (χ0n) is 17.1. The number of phosphoric ester groups is 2. The summed E-state index contributed by atoms with van der Waals surface area (Å²) in [5.41, 5.74) is 0. The van der Waals surface area contributed by atoms with Gasteiger partial charge in [0.2, 0.25) is 0 Å². The molecule has 0 rings (SSSR count). The second kappa shape index (κ2) is 13.8. The van der Waals surface area contributed by atoms with Crippen molar-refractivity contribution in [1.82, 2.24) is 0 Å². The van der Waals surface area contributed by atoms with E-state index in [1.165, 1.54) is 0 Å². The summed E-state index contributed by atoms with van der Waals surface area (Å²) in [5.74, 6) is 0. The van der Waals surface area contributed by atoms with Gasteiger partial charge in [0.05, 0.1) is 50.1 Å². The molecule has 0 saturated heterocycles. The van der Waals surface area contributed by atoms with Crippen molar-refractivity contribution in [3.05, 3.63) is 0 Å². The van der Waals surface area contributed by atoms with Gasteiger partial charge in [0.15, 0.2) is 0 Å². The zero-order valence-corrected chi connectivity index (χ0v) is 19.9. The van der Waals surface area contributed by atoms with Crippen LogP contribution in [0.1, 0.15) is 2.85 Å². The summed E-state index contributed by atoms with van der Waals surface area (Å²) in [6, 6.07) is 0. The van der Waals surface area contributed by atoms with E-state index in [2.05, 4.69) is 9.05 Å². The molecule has 14 heteroatoms. The first-order valence-electron chi connectivity index (χ1n) is 6.39. The SMILES string of the molecule is C[N+](C)(C)CCOP(=O)(O)O.C[N+](C)(C)CCOP(=O)([O-])[O-].Cl.[Ca+2].[H-].[H-]. The van der Waals surface area contributed by atoms with E-state index in [-0.39, 0.29) is 66.2 Å². The molecule has 0 aromatic carbocycles. The van der Waals surface area contributed by atoms with Crippen molar-refractivity contribution < 1.29 is 49.6 Å². The van der Waals surface area contributed by atoms with Crippen molar-refractivity contribution in [3.8, 4) is 0 Å². The van der Waals surface area contributed by atoms with Crippen LogP contribution in [0.2, 0.25) is 0 Å². The van der Waals surface area contributed by atoms with Crippen LogP contribution in [0.15, 0.2) is 0 Å². The molecular weight excluding hydrogens is 414 g/mol. The number of quaternary nitrogens is 2. The Hall–Kier alpha value is 1.69. The van der Waals surface area contributed by atoms with Gasteiger partial charge in [-0.25, -0.2) is 4.57 Å². The van der Waals surface area contributed by atoms with Crippen LogP contribution in [0.5, 0.6) is 0 Å². The third-order valence-electron chi connectivity index (χ3n) is 2.03. The predicted octanol–water partition coefficient (Wildman–Crippen LogP) is -1.39. The molecule has 0 aromatic heterocycles. The number of nitrogens with zero attached hydrogens (tertiary/aromatic N) is 2. The van der Waals surface area contributed by atoms with Gasteiger partial charge >= 0.3 is 45.6 Å². The minimum absolute atomic E-state index is 0. The summed E-state index contributed by atoms with van der Waals surface area (Å²) in [4.78, 5) is 36.5. The molecule has 0 aliphatic heterocycles. The first-order valence-corrected chi connectivity index (χ1v) is 9.38. The molecule has 10 nitrogen and oxygen atoms in total. The van der Waals surface area contributed by atoms with E-state index in [0.717, 1.165) is 0 Å². The van der Waals surface area contributed by atoms with Crippen LogP contribution in [-0.2, 0) is 18.2 Å². The second-order valence-corrected chi connectivity index (χ2v) is 9.02. The van der Waals surface area contributed by atoms with E-state index in [4.69, 9.17) is 9.79 Å². The van der Waals surface area contributed by atoms with Gasteiger partial charge in [0, 0.05) is 0 Å². The summed E-state index contributed by atoms with van der Waals surface area (Å²) in [6.45, 7) is 1.10. The summed E-state index contributed by atoms with van der Waals surface area (Å²) in [7, 11) is 2.37. The van der Waals surface area contributed by atoms with Gasteiger partial charge in [-0.05, 0) is 0 Å². The normalized spacial score (nSPS) is 12.4. The molecule has 0 bridgehead atoms. The maximum atomic E-state index is 10.2. The van der Waals surface area contributed by atoms with Crippen molar-refractivity contribution >= 4 is 65.8 Å². The Morgan fingerprint density at radius 2 is 1.17 bits per heavy atom. The molecule has 0 aliphatic carbocycles. The summed E-state index contributed by atoms with van der Waals surface area (Å²) >= 11 is 0. The molecule has 0 aromatic rings. The van der Waals surface area contributed by atoms with Crippen molar-refractivity contribution in [2.45, 2.75) is 0 Å². The van der Waals surface area contributed by atoms with Gasteiger partial charge in [-0.1, -0.05) is 0 Å². The van der Waals surface area contributed by atoms with Gasteiger partial charge in [-0.15, -0.1) is 12.4 Å². The van der Waals surface area contributed by atoms with Crippen LogP contribution in [0.3, 0.4) is 0 Å². The van der Waals surface area contributed by atoms with Crippen LogP contribution in [-0.4, -0.2) is 125 Å². The molecule has 0 atom stereocenters. The van der Waals surface area contributed by atoms with E-state index in [1.807, 2.05) is 42.3 Å². The van der Waals surface area contributed by atoms with E-state index in [9.17, 15) is 18.9 Å². The Kier molecular flexibility index (Phi) is 19.1. The zero-order chi connectivity index (χ0) is 18.2. The summed E-state index contributed by atoms with van der Waals surface area (Å²) in [5, 5.41) is 0. The fraction of sp³-hybridized carbons (Fsp3) is 1.00. The molecule has 24 heavy (non-hydrogen) atoms. The molecule has 0 heterocycles. The fourth-order valence-electron chi connectivity index (χ4n) is 0.860. The molecular formula is C10H31CaClN2O8P2. The second-order valence-electron chi connectivity index (χ2n) is 6.63. The predicted molar refractivity (Wildman–Crippen MR) is 92.6 cm³/mol. The van der Waals surface area contributed by atoms with E-state index in [0.29, 0.717) is 22.1 Å². The Labute approximate surface area is 183 Å². The number of phosphoric acid groups is 2. The molecule has 0 unspecified atom stereocenters. The number of hydrogen-bond acceptors (Lipinski definition) is 6. The average Bonchev–Trinajstić information content (AvgIpc) is 2.08.